The number of hydrogen-bond donors (Lipinski definition) is 1. The number of fused-ring (bicyclic) bond motifs is 2. The number of para-hydroxylation sites is 1. The Hall–Kier alpha value is -2.15. The molecule has 2 aromatic heterocycles. The van der Waals surface area contributed by atoms with Crippen LogP contribution in [0.25, 0.3) is 20.8 Å². The molecule has 0 saturated carbocycles. The number of nitrogens with zero attached hydrogens (tertiary/aromatic N) is 1. The van der Waals surface area contributed by atoms with Crippen LogP contribution >= 0.6 is 34.4 Å². The van der Waals surface area contributed by atoms with Crippen LogP contribution in [0.3, 0.4) is 0 Å². The molecule has 0 bridgehead atoms. The van der Waals surface area contributed by atoms with E-state index in [-0.39, 0.29) is 5.91 Å². The molecule has 1 amide bonds. The van der Waals surface area contributed by atoms with Crippen molar-refractivity contribution in [1.29, 1.82) is 0 Å². The van der Waals surface area contributed by atoms with Gasteiger partial charge in [0.05, 0.1) is 10.2 Å². The van der Waals surface area contributed by atoms with E-state index in [0.717, 1.165) is 38.8 Å². The second-order valence-corrected chi connectivity index (χ2v) is 10.7. The van der Waals surface area contributed by atoms with E-state index in [1.54, 1.807) is 34.4 Å². The molecular formula is C24H22N2OS3. The number of thioether (sulfide) groups is 1. The van der Waals surface area contributed by atoms with Gasteiger partial charge in [-0.2, -0.15) is 0 Å². The monoisotopic (exact) mass is 450 g/mol. The molecule has 0 saturated heterocycles. The Labute approximate surface area is 188 Å². The molecule has 1 aliphatic rings. The molecule has 30 heavy (non-hydrogen) atoms. The fourth-order valence-electron chi connectivity index (χ4n) is 3.98. The summed E-state index contributed by atoms with van der Waals surface area (Å²) in [7, 11) is 0. The van der Waals surface area contributed by atoms with Crippen LogP contribution in [-0.2, 0) is 12.8 Å². The Morgan fingerprint density at radius 2 is 2.03 bits per heavy atom. The van der Waals surface area contributed by atoms with Crippen molar-refractivity contribution in [2.45, 2.75) is 31.1 Å². The zero-order chi connectivity index (χ0) is 20.7. The Bertz CT molecular complexity index is 1210. The normalized spacial score (nSPS) is 15.9. The van der Waals surface area contributed by atoms with Crippen LogP contribution in [0.4, 0.5) is 5.00 Å². The van der Waals surface area contributed by atoms with Crippen molar-refractivity contribution in [3.05, 3.63) is 64.5 Å². The number of carbonyl (C=O) groups excluding carboxylic acids is 1. The van der Waals surface area contributed by atoms with Crippen LogP contribution in [0.2, 0.25) is 0 Å². The number of nitrogens with one attached hydrogen (secondary N) is 1. The second-order valence-electron chi connectivity index (χ2n) is 7.73. The molecular weight excluding hydrogens is 428 g/mol. The minimum absolute atomic E-state index is 0.0556. The van der Waals surface area contributed by atoms with Gasteiger partial charge in [0.15, 0.2) is 0 Å². The standard InChI is InChI=1S/C24H22N2OS3/c1-14-10-11-17-20(12-14)30-24(26-22(27)15-6-5-7-16(13-15)28-2)21(17)23-25-18-8-3-4-9-19(18)29-23/h3-9,13-14H,10-12H2,1-2H3,(H,26,27). The minimum atomic E-state index is -0.0556. The average Bonchev–Trinajstić information content (AvgIpc) is 3.33. The lowest BCUT2D eigenvalue weighted by molar-refractivity contribution is 0.102. The van der Waals surface area contributed by atoms with Crippen LogP contribution in [0, 0.1) is 5.92 Å². The Morgan fingerprint density at radius 1 is 1.17 bits per heavy atom. The van der Waals surface area contributed by atoms with Gasteiger partial charge in [-0.15, -0.1) is 34.4 Å². The van der Waals surface area contributed by atoms with Crippen molar-refractivity contribution < 1.29 is 4.79 Å². The predicted octanol–water partition coefficient (Wildman–Crippen LogP) is 7.12. The number of aromatic nitrogens is 1. The second kappa shape index (κ2) is 8.17. The number of amides is 1. The molecule has 1 unspecified atom stereocenters. The van der Waals surface area contributed by atoms with Gasteiger partial charge in [-0.25, -0.2) is 4.98 Å². The molecule has 5 rings (SSSR count). The molecule has 6 heteroatoms. The van der Waals surface area contributed by atoms with E-state index in [4.69, 9.17) is 4.98 Å². The molecule has 0 spiro atoms. The summed E-state index contributed by atoms with van der Waals surface area (Å²) in [5, 5.41) is 5.18. The van der Waals surface area contributed by atoms with Crippen molar-refractivity contribution in [3.8, 4) is 10.6 Å². The molecule has 2 heterocycles. The summed E-state index contributed by atoms with van der Waals surface area (Å²) in [5.74, 6) is 0.626. The molecule has 4 aromatic rings. The van der Waals surface area contributed by atoms with Crippen LogP contribution in [0.1, 0.15) is 34.1 Å². The van der Waals surface area contributed by atoms with Gasteiger partial charge in [-0.1, -0.05) is 25.1 Å². The average molecular weight is 451 g/mol. The molecule has 2 aromatic carbocycles. The van der Waals surface area contributed by atoms with Gasteiger partial charge in [0, 0.05) is 20.9 Å². The van der Waals surface area contributed by atoms with E-state index >= 15 is 0 Å². The maximum absolute atomic E-state index is 13.1. The largest absolute Gasteiger partial charge is 0.313 e. The van der Waals surface area contributed by atoms with Gasteiger partial charge in [-0.05, 0) is 67.3 Å². The summed E-state index contributed by atoms with van der Waals surface area (Å²) < 4.78 is 1.18. The third-order valence-electron chi connectivity index (χ3n) is 5.58. The predicted molar refractivity (Wildman–Crippen MR) is 130 cm³/mol. The van der Waals surface area contributed by atoms with Crippen LogP contribution in [0.15, 0.2) is 53.4 Å². The van der Waals surface area contributed by atoms with Crippen molar-refractivity contribution >= 4 is 55.6 Å². The van der Waals surface area contributed by atoms with Crippen molar-refractivity contribution in [3.63, 3.8) is 0 Å². The first-order chi connectivity index (χ1) is 14.6. The topological polar surface area (TPSA) is 42.0 Å². The van der Waals surface area contributed by atoms with Gasteiger partial charge in [0.25, 0.3) is 5.91 Å². The summed E-state index contributed by atoms with van der Waals surface area (Å²) in [4.78, 5) is 20.5. The highest BCUT2D eigenvalue weighted by atomic mass is 32.2. The highest BCUT2D eigenvalue weighted by molar-refractivity contribution is 7.98. The number of anilines is 1. The van der Waals surface area contributed by atoms with E-state index in [0.29, 0.717) is 11.5 Å². The lowest BCUT2D eigenvalue weighted by Gasteiger charge is -2.18. The summed E-state index contributed by atoms with van der Waals surface area (Å²) in [5.41, 5.74) is 4.23. The third kappa shape index (κ3) is 3.68. The fraction of sp³-hybridized carbons (Fsp3) is 0.250. The Balaban J connectivity index is 1.58. The molecule has 1 N–H and O–H groups in total. The van der Waals surface area contributed by atoms with Gasteiger partial charge < -0.3 is 5.32 Å². The summed E-state index contributed by atoms with van der Waals surface area (Å²) in [6, 6.07) is 16.0. The van der Waals surface area contributed by atoms with Crippen molar-refractivity contribution in [2.75, 3.05) is 11.6 Å². The van der Waals surface area contributed by atoms with Crippen molar-refractivity contribution in [2.24, 2.45) is 5.92 Å². The first-order valence-electron chi connectivity index (χ1n) is 10.1. The van der Waals surface area contributed by atoms with Gasteiger partial charge in [0.2, 0.25) is 0 Å². The van der Waals surface area contributed by atoms with Gasteiger partial charge in [-0.3, -0.25) is 4.79 Å². The molecule has 1 aliphatic carbocycles. The molecule has 1 atom stereocenters. The fourth-order valence-corrected chi connectivity index (χ4v) is 6.96. The molecule has 0 aliphatic heterocycles. The van der Waals surface area contributed by atoms with Gasteiger partial charge >= 0.3 is 0 Å². The zero-order valence-electron chi connectivity index (χ0n) is 16.9. The number of thiazole rings is 1. The van der Waals surface area contributed by atoms with E-state index in [1.807, 2.05) is 36.6 Å². The summed E-state index contributed by atoms with van der Waals surface area (Å²) >= 11 is 5.09. The number of hydrogen-bond acceptors (Lipinski definition) is 5. The lowest BCUT2D eigenvalue weighted by Crippen LogP contribution is -2.12. The quantitative estimate of drug-likeness (QED) is 0.336. The van der Waals surface area contributed by atoms with Crippen molar-refractivity contribution in [1.82, 2.24) is 4.98 Å². The smallest absolute Gasteiger partial charge is 0.256 e. The van der Waals surface area contributed by atoms with E-state index in [1.165, 1.54) is 21.6 Å². The molecule has 0 fully saturated rings. The lowest BCUT2D eigenvalue weighted by atomic mass is 9.88. The number of benzene rings is 2. The molecule has 3 nitrogen and oxygen atoms in total. The minimum Gasteiger partial charge on any atom is -0.313 e. The zero-order valence-corrected chi connectivity index (χ0v) is 19.3. The maximum atomic E-state index is 13.1. The first-order valence-corrected chi connectivity index (χ1v) is 12.9. The number of thiophene rings is 1. The van der Waals surface area contributed by atoms with E-state index in [9.17, 15) is 4.79 Å². The highest BCUT2D eigenvalue weighted by Gasteiger charge is 2.27. The Morgan fingerprint density at radius 3 is 2.87 bits per heavy atom. The van der Waals surface area contributed by atoms with Gasteiger partial charge in [0.1, 0.15) is 10.0 Å². The maximum Gasteiger partial charge on any atom is 0.256 e. The van der Waals surface area contributed by atoms with E-state index in [2.05, 4.69) is 30.4 Å². The Kier molecular flexibility index (Phi) is 5.39. The third-order valence-corrected chi connectivity index (χ3v) is 8.53. The first kappa shape index (κ1) is 19.8. The van der Waals surface area contributed by atoms with Crippen LogP contribution in [-0.4, -0.2) is 17.1 Å². The highest BCUT2D eigenvalue weighted by Crippen LogP contribution is 2.47. The number of rotatable bonds is 4. The number of carbonyl (C=O) groups is 1. The summed E-state index contributed by atoms with van der Waals surface area (Å²) in [6.07, 6.45) is 5.34. The van der Waals surface area contributed by atoms with E-state index < -0.39 is 0 Å². The van der Waals surface area contributed by atoms with Crippen LogP contribution < -0.4 is 5.32 Å². The molecule has 152 valence electrons. The van der Waals surface area contributed by atoms with Crippen LogP contribution in [0.5, 0.6) is 0 Å². The SMILES string of the molecule is CSc1cccc(C(=O)Nc2sc3c(c2-c2nc4ccccc4s2)CCC(C)C3)c1. The molecule has 0 radical (unpaired) electrons. The summed E-state index contributed by atoms with van der Waals surface area (Å²) in [6.45, 7) is 2.31.